The van der Waals surface area contributed by atoms with Gasteiger partial charge in [-0.25, -0.2) is 4.79 Å². The van der Waals surface area contributed by atoms with Gasteiger partial charge in [-0.2, -0.15) is 23.0 Å². The highest BCUT2D eigenvalue weighted by atomic mass is 19.4. The lowest BCUT2D eigenvalue weighted by Gasteiger charge is -2.19. The first-order valence-electron chi connectivity index (χ1n) is 10.3. The molecule has 0 aliphatic rings. The van der Waals surface area contributed by atoms with E-state index < -0.39 is 34.6 Å². The molecule has 1 aromatic heterocycles. The van der Waals surface area contributed by atoms with Crippen LogP contribution in [-0.2, 0) is 12.7 Å². The third-order valence-electron chi connectivity index (χ3n) is 5.21. The van der Waals surface area contributed by atoms with Crippen LogP contribution in [-0.4, -0.2) is 38.2 Å². The Hall–Kier alpha value is -3.69. The van der Waals surface area contributed by atoms with Gasteiger partial charge in [-0.3, -0.25) is 14.2 Å². The summed E-state index contributed by atoms with van der Waals surface area (Å²) in [5.74, 6) is -0.664. The van der Waals surface area contributed by atoms with E-state index in [-0.39, 0.29) is 12.2 Å². The topological polar surface area (TPSA) is 77.2 Å². The number of amides is 1. The molecule has 0 aliphatic carbocycles. The van der Waals surface area contributed by atoms with Crippen LogP contribution in [0.2, 0.25) is 0 Å². The van der Waals surface area contributed by atoms with Gasteiger partial charge in [0.2, 0.25) is 5.69 Å². The summed E-state index contributed by atoms with van der Waals surface area (Å²) in [7, 11) is 0. The number of carbonyl (C=O) groups is 1. The number of aryl methyl sites for hydroxylation is 1. The third-order valence-corrected chi connectivity index (χ3v) is 5.21. The summed E-state index contributed by atoms with van der Waals surface area (Å²) in [6.07, 6.45) is -4.55. The van der Waals surface area contributed by atoms with Crippen molar-refractivity contribution >= 4 is 5.91 Å². The minimum atomic E-state index is -4.55. The molecule has 0 saturated heterocycles. The van der Waals surface area contributed by atoms with Gasteiger partial charge in [0.05, 0.1) is 17.8 Å². The van der Waals surface area contributed by atoms with Crippen LogP contribution in [0.15, 0.2) is 58.1 Å². The Labute approximate surface area is 187 Å². The average molecular weight is 460 g/mol. The Bertz CT molecular complexity index is 1260. The lowest BCUT2D eigenvalue weighted by Crippen LogP contribution is -2.46. The van der Waals surface area contributed by atoms with E-state index in [4.69, 9.17) is 0 Å². The molecule has 0 spiro atoms. The number of aromatic nitrogens is 3. The summed E-state index contributed by atoms with van der Waals surface area (Å²) in [6, 6.07) is 10.9. The SMILES string of the molecule is CCN(CC)C(=O)c1nn(-c2ccc(C(F)(F)F)cc2)c(=O)n(Cc2ccc(C)cc2)c1=O. The Morgan fingerprint density at radius 2 is 1.55 bits per heavy atom. The lowest BCUT2D eigenvalue weighted by molar-refractivity contribution is -0.137. The molecule has 1 heterocycles. The lowest BCUT2D eigenvalue weighted by atomic mass is 10.1. The van der Waals surface area contributed by atoms with Crippen molar-refractivity contribution < 1.29 is 18.0 Å². The zero-order chi connectivity index (χ0) is 24.3. The zero-order valence-electron chi connectivity index (χ0n) is 18.4. The molecule has 1 amide bonds. The van der Waals surface area contributed by atoms with E-state index in [1.165, 1.54) is 4.90 Å². The van der Waals surface area contributed by atoms with Crippen LogP contribution in [0.25, 0.3) is 5.69 Å². The number of rotatable bonds is 6. The molecule has 33 heavy (non-hydrogen) atoms. The van der Waals surface area contributed by atoms with Crippen LogP contribution < -0.4 is 11.2 Å². The normalized spacial score (nSPS) is 11.5. The molecule has 3 aromatic rings. The highest BCUT2D eigenvalue weighted by molar-refractivity contribution is 5.91. The zero-order valence-corrected chi connectivity index (χ0v) is 18.4. The van der Waals surface area contributed by atoms with Crippen molar-refractivity contribution in [2.45, 2.75) is 33.5 Å². The maximum atomic E-state index is 13.1. The molecule has 0 N–H and O–H groups in total. The number of halogens is 3. The van der Waals surface area contributed by atoms with Crippen molar-refractivity contribution in [2.75, 3.05) is 13.1 Å². The first kappa shape index (κ1) is 24.0. The van der Waals surface area contributed by atoms with Gasteiger partial charge in [-0.1, -0.05) is 29.8 Å². The number of alkyl halides is 3. The molecule has 0 radical (unpaired) electrons. The molecule has 0 aliphatic heterocycles. The van der Waals surface area contributed by atoms with Crippen molar-refractivity contribution in [3.63, 3.8) is 0 Å². The van der Waals surface area contributed by atoms with E-state index in [1.807, 2.05) is 19.1 Å². The van der Waals surface area contributed by atoms with Crippen LogP contribution in [0.5, 0.6) is 0 Å². The van der Waals surface area contributed by atoms with Crippen molar-refractivity contribution in [2.24, 2.45) is 0 Å². The maximum Gasteiger partial charge on any atom is 0.416 e. The fourth-order valence-corrected chi connectivity index (χ4v) is 3.28. The van der Waals surface area contributed by atoms with Gasteiger partial charge in [0.1, 0.15) is 0 Å². The first-order chi connectivity index (χ1) is 15.6. The quantitative estimate of drug-likeness (QED) is 0.566. The standard InChI is InChI=1S/C23H23F3N4O3/c1-4-28(5-2)20(31)19-21(32)29(14-16-8-6-15(3)7-9-16)22(33)30(27-19)18-12-10-17(11-13-18)23(24,25)26/h6-13H,4-5,14H2,1-3H3. The van der Waals surface area contributed by atoms with Gasteiger partial charge < -0.3 is 4.90 Å². The number of carbonyl (C=O) groups excluding carboxylic acids is 1. The van der Waals surface area contributed by atoms with Gasteiger partial charge in [0.15, 0.2) is 0 Å². The predicted octanol–water partition coefficient (Wildman–Crippen LogP) is 3.25. The van der Waals surface area contributed by atoms with Crippen LogP contribution in [0, 0.1) is 6.92 Å². The molecule has 0 fully saturated rings. The molecule has 7 nitrogen and oxygen atoms in total. The Balaban J connectivity index is 2.21. The highest BCUT2D eigenvalue weighted by Crippen LogP contribution is 2.29. The van der Waals surface area contributed by atoms with E-state index in [1.54, 1.807) is 26.0 Å². The first-order valence-corrected chi connectivity index (χ1v) is 10.3. The summed E-state index contributed by atoms with van der Waals surface area (Å²) < 4.78 is 40.5. The van der Waals surface area contributed by atoms with Gasteiger partial charge in [-0.15, -0.1) is 0 Å². The van der Waals surface area contributed by atoms with E-state index in [0.29, 0.717) is 18.7 Å². The van der Waals surface area contributed by atoms with Crippen LogP contribution in [0.3, 0.4) is 0 Å². The maximum absolute atomic E-state index is 13.1. The molecular weight excluding hydrogens is 437 g/mol. The van der Waals surface area contributed by atoms with Crippen LogP contribution in [0.1, 0.15) is 41.0 Å². The second-order valence-electron chi connectivity index (χ2n) is 7.44. The summed E-state index contributed by atoms with van der Waals surface area (Å²) >= 11 is 0. The highest BCUT2D eigenvalue weighted by Gasteiger charge is 2.30. The van der Waals surface area contributed by atoms with E-state index in [9.17, 15) is 27.6 Å². The molecule has 174 valence electrons. The fourth-order valence-electron chi connectivity index (χ4n) is 3.28. The number of hydrogen-bond donors (Lipinski definition) is 0. The van der Waals surface area contributed by atoms with Crippen molar-refractivity contribution in [1.29, 1.82) is 0 Å². The largest absolute Gasteiger partial charge is 0.416 e. The molecule has 0 unspecified atom stereocenters. The van der Waals surface area contributed by atoms with Gasteiger partial charge in [0.25, 0.3) is 11.5 Å². The third kappa shape index (κ3) is 5.05. The van der Waals surface area contributed by atoms with Crippen molar-refractivity contribution in [3.8, 4) is 5.69 Å². The molecule has 10 heteroatoms. The molecule has 2 aromatic carbocycles. The van der Waals surface area contributed by atoms with E-state index in [2.05, 4.69) is 5.10 Å². The summed E-state index contributed by atoms with van der Waals surface area (Å²) in [5, 5.41) is 3.97. The minimum Gasteiger partial charge on any atom is -0.338 e. The Morgan fingerprint density at radius 3 is 2.06 bits per heavy atom. The molecule has 0 atom stereocenters. The predicted molar refractivity (Wildman–Crippen MR) is 117 cm³/mol. The minimum absolute atomic E-state index is 0.000692. The van der Waals surface area contributed by atoms with E-state index in [0.717, 1.165) is 39.1 Å². The summed E-state index contributed by atoms with van der Waals surface area (Å²) in [5.41, 5.74) is -1.47. The summed E-state index contributed by atoms with van der Waals surface area (Å²) in [6.45, 7) is 5.86. The molecule has 3 rings (SSSR count). The van der Waals surface area contributed by atoms with Gasteiger partial charge >= 0.3 is 11.9 Å². The number of benzene rings is 2. The monoisotopic (exact) mass is 460 g/mol. The summed E-state index contributed by atoms with van der Waals surface area (Å²) in [4.78, 5) is 40.6. The van der Waals surface area contributed by atoms with Crippen LogP contribution in [0.4, 0.5) is 13.2 Å². The van der Waals surface area contributed by atoms with Gasteiger partial charge in [-0.05, 0) is 50.6 Å². The Kier molecular flexibility index (Phi) is 6.85. The van der Waals surface area contributed by atoms with Crippen molar-refractivity contribution in [1.82, 2.24) is 19.2 Å². The second-order valence-corrected chi connectivity index (χ2v) is 7.44. The van der Waals surface area contributed by atoms with Gasteiger partial charge in [0, 0.05) is 13.1 Å². The van der Waals surface area contributed by atoms with E-state index >= 15 is 0 Å². The average Bonchev–Trinajstić information content (AvgIpc) is 2.78. The molecule has 0 saturated carbocycles. The van der Waals surface area contributed by atoms with Crippen LogP contribution >= 0.6 is 0 Å². The number of nitrogens with zero attached hydrogens (tertiary/aromatic N) is 4. The fraction of sp³-hybridized carbons (Fsp3) is 0.304. The Morgan fingerprint density at radius 1 is 0.970 bits per heavy atom. The van der Waals surface area contributed by atoms with Crippen molar-refractivity contribution in [3.05, 3.63) is 91.8 Å². The number of hydrogen-bond acceptors (Lipinski definition) is 4. The molecular formula is C23H23F3N4O3. The second kappa shape index (κ2) is 9.43. The molecule has 0 bridgehead atoms. The smallest absolute Gasteiger partial charge is 0.338 e.